The molecule has 0 bridgehead atoms. The zero-order chi connectivity index (χ0) is 14.7. The third-order valence-corrected chi connectivity index (χ3v) is 4.02. The second kappa shape index (κ2) is 6.83. The molecule has 112 valence electrons. The zero-order valence-corrected chi connectivity index (χ0v) is 11.8. The van der Waals surface area contributed by atoms with Crippen LogP contribution in [-0.4, -0.2) is 58.2 Å². The first kappa shape index (κ1) is 15.7. The molecule has 0 saturated carbocycles. The van der Waals surface area contributed by atoms with Gasteiger partial charge in [0.1, 0.15) is 5.82 Å². The van der Waals surface area contributed by atoms with E-state index in [1.165, 1.54) is 12.1 Å². The Hall–Kier alpha value is -0.720. The molecule has 1 aliphatic rings. The number of piperidine rings is 1. The van der Waals surface area contributed by atoms with Crippen molar-refractivity contribution in [2.75, 3.05) is 19.7 Å². The van der Waals surface area contributed by atoms with Crippen LogP contribution in [-0.2, 0) is 6.42 Å². The van der Waals surface area contributed by atoms with Gasteiger partial charge in [0.2, 0.25) is 0 Å². The van der Waals surface area contributed by atoms with Gasteiger partial charge in [-0.3, -0.25) is 4.90 Å². The van der Waals surface area contributed by atoms with Crippen LogP contribution in [0.2, 0.25) is 5.02 Å². The first-order valence-corrected chi connectivity index (χ1v) is 7.04. The molecule has 3 N–H and O–H groups in total. The summed E-state index contributed by atoms with van der Waals surface area (Å²) in [6.07, 6.45) is -0.894. The third kappa shape index (κ3) is 3.68. The standard InChI is InChI=1S/C14H19ClFNO3/c15-10-1-2-12(16)9(5-10)3-4-17-7-14(20)13(19)6-11(17)8-18/h1-2,5,11,13-14,18-20H,3-4,6-8H2/t11-,13?,14+/m1/s1. The van der Waals surface area contributed by atoms with E-state index in [0.717, 1.165) is 0 Å². The number of hydrogen-bond donors (Lipinski definition) is 3. The van der Waals surface area contributed by atoms with Crippen LogP contribution in [0, 0.1) is 5.82 Å². The van der Waals surface area contributed by atoms with Gasteiger partial charge >= 0.3 is 0 Å². The smallest absolute Gasteiger partial charge is 0.126 e. The molecule has 1 unspecified atom stereocenters. The number of likely N-dealkylation sites (tertiary alicyclic amines) is 1. The fraction of sp³-hybridized carbons (Fsp3) is 0.571. The summed E-state index contributed by atoms with van der Waals surface area (Å²) in [5.74, 6) is -0.312. The van der Waals surface area contributed by atoms with E-state index in [4.69, 9.17) is 11.6 Å². The Kier molecular flexibility index (Phi) is 5.35. The molecule has 0 radical (unpaired) electrons. The lowest BCUT2D eigenvalue weighted by Crippen LogP contribution is -2.54. The topological polar surface area (TPSA) is 63.9 Å². The van der Waals surface area contributed by atoms with E-state index >= 15 is 0 Å². The van der Waals surface area contributed by atoms with Gasteiger partial charge in [-0.1, -0.05) is 11.6 Å². The highest BCUT2D eigenvalue weighted by Crippen LogP contribution is 2.20. The van der Waals surface area contributed by atoms with Gasteiger partial charge in [-0.15, -0.1) is 0 Å². The molecule has 6 heteroatoms. The van der Waals surface area contributed by atoms with Crippen LogP contribution in [0.1, 0.15) is 12.0 Å². The van der Waals surface area contributed by atoms with Gasteiger partial charge in [-0.05, 0) is 36.6 Å². The molecule has 1 aromatic rings. The second-order valence-electron chi connectivity index (χ2n) is 5.19. The normalized spacial score (nSPS) is 27.8. The Morgan fingerprint density at radius 1 is 1.30 bits per heavy atom. The monoisotopic (exact) mass is 303 g/mol. The first-order valence-electron chi connectivity index (χ1n) is 6.66. The van der Waals surface area contributed by atoms with Gasteiger partial charge < -0.3 is 15.3 Å². The van der Waals surface area contributed by atoms with Gasteiger partial charge in [-0.2, -0.15) is 0 Å². The summed E-state index contributed by atoms with van der Waals surface area (Å²) >= 11 is 5.84. The van der Waals surface area contributed by atoms with Crippen LogP contribution in [0.4, 0.5) is 4.39 Å². The molecule has 0 spiro atoms. The van der Waals surface area contributed by atoms with Crippen LogP contribution in [0.5, 0.6) is 0 Å². The van der Waals surface area contributed by atoms with Crippen molar-refractivity contribution in [3.63, 3.8) is 0 Å². The van der Waals surface area contributed by atoms with E-state index < -0.39 is 12.2 Å². The Morgan fingerprint density at radius 3 is 2.75 bits per heavy atom. The van der Waals surface area contributed by atoms with E-state index in [1.807, 2.05) is 4.90 Å². The van der Waals surface area contributed by atoms with Crippen LogP contribution in [0.15, 0.2) is 18.2 Å². The molecule has 2 rings (SSSR count). The molecular formula is C14H19ClFNO3. The van der Waals surface area contributed by atoms with E-state index in [-0.39, 0.29) is 25.0 Å². The Labute approximate surface area is 122 Å². The molecule has 0 aliphatic carbocycles. The van der Waals surface area contributed by atoms with E-state index in [0.29, 0.717) is 30.0 Å². The molecule has 1 aliphatic heterocycles. The van der Waals surface area contributed by atoms with Crippen LogP contribution >= 0.6 is 11.6 Å². The van der Waals surface area contributed by atoms with Crippen molar-refractivity contribution in [2.24, 2.45) is 0 Å². The summed E-state index contributed by atoms with van der Waals surface area (Å²) in [6, 6.07) is 4.20. The predicted molar refractivity (Wildman–Crippen MR) is 74.2 cm³/mol. The summed E-state index contributed by atoms with van der Waals surface area (Å²) in [7, 11) is 0. The fourth-order valence-electron chi connectivity index (χ4n) is 2.56. The molecule has 0 aromatic heterocycles. The largest absolute Gasteiger partial charge is 0.395 e. The van der Waals surface area contributed by atoms with Crippen molar-refractivity contribution >= 4 is 11.6 Å². The maximum absolute atomic E-state index is 13.6. The highest BCUT2D eigenvalue weighted by Gasteiger charge is 2.32. The Bertz CT molecular complexity index is 460. The van der Waals surface area contributed by atoms with Crippen LogP contribution in [0.25, 0.3) is 0 Å². The van der Waals surface area contributed by atoms with Gasteiger partial charge in [0, 0.05) is 24.2 Å². The van der Waals surface area contributed by atoms with Gasteiger partial charge in [0.25, 0.3) is 0 Å². The highest BCUT2D eigenvalue weighted by atomic mass is 35.5. The SMILES string of the molecule is OC[C@H]1CC(O)[C@@H](O)CN1CCc1cc(Cl)ccc1F. The lowest BCUT2D eigenvalue weighted by Gasteiger charge is -2.39. The number of nitrogens with zero attached hydrogens (tertiary/aromatic N) is 1. The number of benzene rings is 1. The quantitative estimate of drug-likeness (QED) is 0.770. The number of halogens is 2. The number of rotatable bonds is 4. The average Bonchev–Trinajstić information content (AvgIpc) is 2.43. The first-order chi connectivity index (χ1) is 9.51. The molecule has 4 nitrogen and oxygen atoms in total. The van der Waals surface area contributed by atoms with Crippen LogP contribution in [0.3, 0.4) is 0 Å². The molecule has 20 heavy (non-hydrogen) atoms. The number of aliphatic hydroxyl groups is 3. The van der Waals surface area contributed by atoms with E-state index in [1.54, 1.807) is 6.07 Å². The van der Waals surface area contributed by atoms with Crippen molar-refractivity contribution < 1.29 is 19.7 Å². The molecule has 1 aromatic carbocycles. The summed E-state index contributed by atoms with van der Waals surface area (Å²) in [6.45, 7) is 0.669. The van der Waals surface area contributed by atoms with Crippen molar-refractivity contribution in [1.29, 1.82) is 0 Å². The third-order valence-electron chi connectivity index (χ3n) is 3.78. The molecule has 0 amide bonds. The molecular weight excluding hydrogens is 285 g/mol. The molecule has 1 saturated heterocycles. The van der Waals surface area contributed by atoms with E-state index in [2.05, 4.69) is 0 Å². The van der Waals surface area contributed by atoms with Crippen molar-refractivity contribution in [2.45, 2.75) is 31.1 Å². The maximum atomic E-state index is 13.6. The zero-order valence-electron chi connectivity index (χ0n) is 11.0. The number of aliphatic hydroxyl groups excluding tert-OH is 3. The molecule has 1 heterocycles. The highest BCUT2D eigenvalue weighted by molar-refractivity contribution is 6.30. The minimum atomic E-state index is -0.831. The van der Waals surface area contributed by atoms with E-state index in [9.17, 15) is 19.7 Å². The van der Waals surface area contributed by atoms with Crippen LogP contribution < -0.4 is 0 Å². The lowest BCUT2D eigenvalue weighted by molar-refractivity contribution is -0.0704. The molecule has 3 atom stereocenters. The van der Waals surface area contributed by atoms with Gasteiger partial charge in [0.15, 0.2) is 0 Å². The van der Waals surface area contributed by atoms with Gasteiger partial charge in [0.05, 0.1) is 18.8 Å². The molecule has 1 fully saturated rings. The van der Waals surface area contributed by atoms with Crippen molar-refractivity contribution in [1.82, 2.24) is 4.90 Å². The maximum Gasteiger partial charge on any atom is 0.126 e. The summed E-state index contributed by atoms with van der Waals surface area (Å²) in [5, 5.41) is 29.1. The lowest BCUT2D eigenvalue weighted by atomic mass is 9.97. The minimum Gasteiger partial charge on any atom is -0.395 e. The Balaban J connectivity index is 1.99. The second-order valence-corrected chi connectivity index (χ2v) is 5.62. The van der Waals surface area contributed by atoms with Crippen molar-refractivity contribution in [3.05, 3.63) is 34.6 Å². The van der Waals surface area contributed by atoms with Crippen molar-refractivity contribution in [3.8, 4) is 0 Å². The fourth-order valence-corrected chi connectivity index (χ4v) is 2.75. The van der Waals surface area contributed by atoms with Gasteiger partial charge in [-0.25, -0.2) is 4.39 Å². The average molecular weight is 304 g/mol. The summed E-state index contributed by atoms with van der Waals surface area (Å²) in [4.78, 5) is 1.87. The number of hydrogen-bond acceptors (Lipinski definition) is 4. The Morgan fingerprint density at radius 2 is 2.05 bits per heavy atom. The minimum absolute atomic E-state index is 0.0954. The number of β-amino-alcohol motifs (C(OH)–C–C–N with tert-alkyl or cyclic N) is 1. The summed E-state index contributed by atoms with van der Waals surface area (Å²) < 4.78 is 13.6. The predicted octanol–water partition coefficient (Wildman–Crippen LogP) is 0.810. The summed E-state index contributed by atoms with van der Waals surface area (Å²) in [5.41, 5.74) is 0.509.